The summed E-state index contributed by atoms with van der Waals surface area (Å²) in [6, 6.07) is 6.87. The molecule has 0 bridgehead atoms. The molecule has 3 nitrogen and oxygen atoms in total. The molecule has 1 aromatic carbocycles. The molecular formula is C14H16O3. The molecule has 0 aliphatic heterocycles. The molecule has 0 radical (unpaired) electrons. The van der Waals surface area contributed by atoms with Crippen LogP contribution in [0.4, 0.5) is 0 Å². The monoisotopic (exact) mass is 232 g/mol. The molecule has 0 fully saturated rings. The smallest absolute Gasteiger partial charge is 0.174 e. The number of aliphatic hydroxyl groups is 1. The van der Waals surface area contributed by atoms with Gasteiger partial charge in [0.2, 0.25) is 0 Å². The van der Waals surface area contributed by atoms with Crippen molar-refractivity contribution in [2.45, 2.75) is 26.4 Å². The van der Waals surface area contributed by atoms with E-state index in [2.05, 4.69) is 0 Å². The molecule has 0 spiro atoms. The topological polar surface area (TPSA) is 54.4 Å². The third-order valence-corrected chi connectivity index (χ3v) is 3.34. The van der Waals surface area contributed by atoms with Gasteiger partial charge in [0.25, 0.3) is 0 Å². The molecule has 1 unspecified atom stereocenters. The Labute approximate surface area is 100 Å². The maximum Gasteiger partial charge on any atom is 0.174 e. The van der Waals surface area contributed by atoms with Gasteiger partial charge in [0.15, 0.2) is 11.6 Å². The second-order valence-corrected chi connectivity index (χ2v) is 4.87. The van der Waals surface area contributed by atoms with Crippen LogP contribution in [0.1, 0.15) is 41.0 Å². The Bertz CT molecular complexity index is 427. The van der Waals surface area contributed by atoms with E-state index in [-0.39, 0.29) is 23.9 Å². The van der Waals surface area contributed by atoms with Gasteiger partial charge in [0, 0.05) is 11.1 Å². The molecule has 0 saturated heterocycles. The van der Waals surface area contributed by atoms with Gasteiger partial charge in [-0.25, -0.2) is 0 Å². The summed E-state index contributed by atoms with van der Waals surface area (Å²) in [7, 11) is 0. The number of hydrogen-bond acceptors (Lipinski definition) is 3. The molecule has 0 saturated carbocycles. The fraction of sp³-hybridized carbons (Fsp3) is 0.429. The Hall–Kier alpha value is -1.48. The third-order valence-electron chi connectivity index (χ3n) is 3.34. The van der Waals surface area contributed by atoms with Crippen molar-refractivity contribution < 1.29 is 14.7 Å². The summed E-state index contributed by atoms with van der Waals surface area (Å²) in [5.41, 5.74) is 0.997. The number of Topliss-reactive ketones (excluding diaryl/α,β-unsaturated/α-hetero) is 2. The highest BCUT2D eigenvalue weighted by Crippen LogP contribution is 2.30. The first kappa shape index (κ1) is 12.0. The minimum atomic E-state index is -0.690. The van der Waals surface area contributed by atoms with Gasteiger partial charge in [0.1, 0.15) is 0 Å². The van der Waals surface area contributed by atoms with Crippen LogP contribution in [0.15, 0.2) is 24.3 Å². The summed E-state index contributed by atoms with van der Waals surface area (Å²) >= 11 is 0. The van der Waals surface area contributed by atoms with E-state index in [1.807, 2.05) is 13.8 Å². The zero-order valence-electron chi connectivity index (χ0n) is 10.0. The quantitative estimate of drug-likeness (QED) is 0.812. The van der Waals surface area contributed by atoms with Gasteiger partial charge in [-0.2, -0.15) is 0 Å². The van der Waals surface area contributed by atoms with Crippen LogP contribution in [0.3, 0.4) is 0 Å². The second-order valence-electron chi connectivity index (χ2n) is 4.87. The maximum atomic E-state index is 12.0. The van der Waals surface area contributed by atoms with Crippen LogP contribution in [0, 0.1) is 11.8 Å². The highest BCUT2D eigenvalue weighted by Gasteiger charge is 2.39. The first-order chi connectivity index (χ1) is 8.02. The molecule has 0 amide bonds. The lowest BCUT2D eigenvalue weighted by molar-refractivity contribution is 0.0673. The Morgan fingerprint density at radius 2 is 1.59 bits per heavy atom. The van der Waals surface area contributed by atoms with Crippen molar-refractivity contribution in [1.29, 1.82) is 0 Å². The first-order valence-corrected chi connectivity index (χ1v) is 5.88. The summed E-state index contributed by atoms with van der Waals surface area (Å²) in [5.74, 6) is -0.931. The van der Waals surface area contributed by atoms with Gasteiger partial charge in [-0.1, -0.05) is 38.1 Å². The molecule has 90 valence electrons. The minimum absolute atomic E-state index is 0.0549. The number of carbonyl (C=O) groups excluding carboxylic acids is 2. The summed E-state index contributed by atoms with van der Waals surface area (Å²) in [6.07, 6.45) is -0.383. The predicted molar refractivity (Wildman–Crippen MR) is 64.1 cm³/mol. The van der Waals surface area contributed by atoms with E-state index in [4.69, 9.17) is 0 Å². The highest BCUT2D eigenvalue weighted by atomic mass is 16.3. The Morgan fingerprint density at radius 3 is 2.00 bits per heavy atom. The lowest BCUT2D eigenvalue weighted by Gasteiger charge is -2.16. The highest BCUT2D eigenvalue weighted by molar-refractivity contribution is 6.26. The molecule has 1 atom stereocenters. The fourth-order valence-corrected chi connectivity index (χ4v) is 2.14. The second kappa shape index (κ2) is 4.41. The number of carbonyl (C=O) groups is 2. The first-order valence-electron chi connectivity index (χ1n) is 5.88. The van der Waals surface area contributed by atoms with Crippen LogP contribution < -0.4 is 0 Å². The van der Waals surface area contributed by atoms with E-state index < -0.39 is 12.0 Å². The van der Waals surface area contributed by atoms with Crippen LogP contribution in [-0.4, -0.2) is 22.8 Å². The van der Waals surface area contributed by atoms with E-state index in [1.54, 1.807) is 24.3 Å². The molecular weight excluding hydrogens is 216 g/mol. The number of ketones is 2. The molecule has 2 rings (SSSR count). The van der Waals surface area contributed by atoms with Gasteiger partial charge in [0.05, 0.1) is 12.0 Å². The fourth-order valence-electron chi connectivity index (χ4n) is 2.14. The number of rotatable bonds is 3. The van der Waals surface area contributed by atoms with Crippen LogP contribution in [0.25, 0.3) is 0 Å². The molecule has 1 N–H and O–H groups in total. The zero-order chi connectivity index (χ0) is 12.6. The van der Waals surface area contributed by atoms with Crippen molar-refractivity contribution in [2.24, 2.45) is 11.8 Å². The lowest BCUT2D eigenvalue weighted by Crippen LogP contribution is -2.25. The Morgan fingerprint density at radius 1 is 1.12 bits per heavy atom. The normalized spacial score (nSPS) is 17.6. The Balaban J connectivity index is 2.25. The molecule has 1 aromatic rings. The van der Waals surface area contributed by atoms with Crippen LogP contribution in [0.5, 0.6) is 0 Å². The van der Waals surface area contributed by atoms with Crippen molar-refractivity contribution in [3.63, 3.8) is 0 Å². The maximum absolute atomic E-state index is 12.0. The van der Waals surface area contributed by atoms with Crippen LogP contribution in [0.2, 0.25) is 0 Å². The summed E-state index contributed by atoms with van der Waals surface area (Å²) < 4.78 is 0. The number of fused-ring (bicyclic) bond motifs is 1. The largest absolute Gasteiger partial charge is 0.393 e. The molecule has 17 heavy (non-hydrogen) atoms. The average Bonchev–Trinajstić information content (AvgIpc) is 2.55. The number of benzene rings is 1. The van der Waals surface area contributed by atoms with Gasteiger partial charge < -0.3 is 5.11 Å². The van der Waals surface area contributed by atoms with Crippen molar-refractivity contribution in [3.8, 4) is 0 Å². The van der Waals surface area contributed by atoms with Crippen LogP contribution in [-0.2, 0) is 0 Å². The van der Waals surface area contributed by atoms with E-state index in [9.17, 15) is 14.7 Å². The third kappa shape index (κ3) is 2.03. The Kier molecular flexibility index (Phi) is 3.11. The van der Waals surface area contributed by atoms with E-state index in [1.165, 1.54) is 0 Å². The lowest BCUT2D eigenvalue weighted by atomic mass is 9.91. The molecule has 0 heterocycles. The van der Waals surface area contributed by atoms with E-state index in [0.717, 1.165) is 0 Å². The van der Waals surface area contributed by atoms with E-state index in [0.29, 0.717) is 11.1 Å². The van der Waals surface area contributed by atoms with Crippen molar-refractivity contribution in [1.82, 2.24) is 0 Å². The summed E-state index contributed by atoms with van der Waals surface area (Å²) in [4.78, 5) is 24.1. The summed E-state index contributed by atoms with van der Waals surface area (Å²) in [5, 5.41) is 9.80. The summed E-state index contributed by atoms with van der Waals surface area (Å²) in [6.45, 7) is 3.75. The van der Waals surface area contributed by atoms with Crippen LogP contribution >= 0.6 is 0 Å². The van der Waals surface area contributed by atoms with Gasteiger partial charge in [-0.3, -0.25) is 9.59 Å². The number of hydrogen-bond donors (Lipinski definition) is 1. The molecule has 0 aromatic heterocycles. The predicted octanol–water partition coefficient (Wildman–Crippen LogP) is 2.09. The molecule has 1 aliphatic carbocycles. The van der Waals surface area contributed by atoms with E-state index >= 15 is 0 Å². The van der Waals surface area contributed by atoms with Gasteiger partial charge >= 0.3 is 0 Å². The molecule has 3 heteroatoms. The van der Waals surface area contributed by atoms with Crippen molar-refractivity contribution in [2.75, 3.05) is 0 Å². The SMILES string of the molecule is CC(C)C(O)CC1C(=O)c2ccccc2C1=O. The average molecular weight is 232 g/mol. The van der Waals surface area contributed by atoms with Gasteiger partial charge in [-0.15, -0.1) is 0 Å². The van der Waals surface area contributed by atoms with Gasteiger partial charge in [-0.05, 0) is 12.3 Å². The number of aliphatic hydroxyl groups excluding tert-OH is 1. The minimum Gasteiger partial charge on any atom is -0.393 e. The standard InChI is InChI=1S/C14H16O3/c1-8(2)12(15)7-11-13(16)9-5-3-4-6-10(9)14(11)17/h3-6,8,11-12,15H,7H2,1-2H3. The zero-order valence-corrected chi connectivity index (χ0v) is 10.0. The van der Waals surface area contributed by atoms with Crippen molar-refractivity contribution >= 4 is 11.6 Å². The van der Waals surface area contributed by atoms with Crippen molar-refractivity contribution in [3.05, 3.63) is 35.4 Å². The molecule has 1 aliphatic rings.